The molecule has 0 bridgehead atoms. The van der Waals surface area contributed by atoms with Gasteiger partial charge in [-0.3, -0.25) is 24.6 Å². The van der Waals surface area contributed by atoms with Gasteiger partial charge in [-0.25, -0.2) is 4.79 Å². The number of nitrogens with zero attached hydrogens (tertiary/aromatic N) is 1. The molecule has 1 fully saturated rings. The first-order valence-electron chi connectivity index (χ1n) is 7.76. The second-order valence-corrected chi connectivity index (χ2v) is 5.37. The summed E-state index contributed by atoms with van der Waals surface area (Å²) in [7, 11) is 2.73. The molecule has 0 saturated carbocycles. The third-order valence-electron chi connectivity index (χ3n) is 3.54. The summed E-state index contributed by atoms with van der Waals surface area (Å²) >= 11 is 0. The Labute approximate surface area is 155 Å². The average Bonchev–Trinajstić information content (AvgIpc) is 2.62. The Kier molecular flexibility index (Phi) is 5.96. The molecule has 1 aromatic carbocycles. The number of amides is 4. The molecule has 9 nitrogen and oxygen atoms in total. The van der Waals surface area contributed by atoms with Gasteiger partial charge >= 0.3 is 12.0 Å². The zero-order chi connectivity index (χ0) is 20.1. The van der Waals surface area contributed by atoms with Crippen LogP contribution >= 0.6 is 0 Å². The van der Waals surface area contributed by atoms with Gasteiger partial charge in [0.05, 0.1) is 14.2 Å². The molecule has 0 unspecified atom stereocenters. The largest absolute Gasteiger partial charge is 0.493 e. The number of nitrogens with one attached hydrogen (secondary N) is 1. The molecule has 1 saturated heterocycles. The molecule has 0 aliphatic carbocycles. The Balaban J connectivity index is 2.52. The van der Waals surface area contributed by atoms with Gasteiger partial charge in [-0.05, 0) is 23.8 Å². The molecule has 1 heterocycles. The molecule has 1 aliphatic rings. The van der Waals surface area contributed by atoms with Crippen LogP contribution in [0.25, 0.3) is 6.08 Å². The van der Waals surface area contributed by atoms with E-state index in [2.05, 4.69) is 11.9 Å². The Morgan fingerprint density at radius 2 is 1.78 bits per heavy atom. The summed E-state index contributed by atoms with van der Waals surface area (Å²) in [6, 6.07) is 2.10. The molecule has 1 aliphatic heterocycles. The van der Waals surface area contributed by atoms with Gasteiger partial charge in [-0.1, -0.05) is 6.08 Å². The fourth-order valence-electron chi connectivity index (χ4n) is 2.38. The smallest absolute Gasteiger partial charge is 0.331 e. The summed E-state index contributed by atoms with van der Waals surface area (Å²) in [5.74, 6) is -1.76. The second kappa shape index (κ2) is 8.17. The summed E-state index contributed by atoms with van der Waals surface area (Å²) in [5, 5.41) is 2.09. The number of hydrogen-bond donors (Lipinski definition) is 1. The van der Waals surface area contributed by atoms with Crippen molar-refractivity contribution in [1.82, 2.24) is 10.2 Å². The number of rotatable bonds is 6. The molecule has 1 N–H and O–H groups in total. The number of carbonyl (C=O) groups is 4. The number of ether oxygens (including phenoxy) is 3. The molecule has 0 atom stereocenters. The summed E-state index contributed by atoms with van der Waals surface area (Å²) in [4.78, 5) is 48.4. The molecule has 9 heteroatoms. The van der Waals surface area contributed by atoms with Crippen LogP contribution in [0.15, 0.2) is 30.4 Å². The minimum absolute atomic E-state index is 0.0483. The van der Waals surface area contributed by atoms with Gasteiger partial charge in [0.15, 0.2) is 11.5 Å². The molecule has 1 aromatic rings. The highest BCUT2D eigenvalue weighted by Gasteiger charge is 2.35. The Morgan fingerprint density at radius 3 is 2.26 bits per heavy atom. The fraction of sp³-hybridized carbons (Fsp3) is 0.222. The quantitative estimate of drug-likeness (QED) is 0.262. The van der Waals surface area contributed by atoms with E-state index in [9.17, 15) is 19.2 Å². The monoisotopic (exact) mass is 374 g/mol. The van der Waals surface area contributed by atoms with E-state index in [4.69, 9.17) is 14.2 Å². The standard InChI is InChI=1S/C18H18N2O7/c1-5-6-20-17(23)12(16(22)19-18(20)24)7-11-8-13(25-3)15(27-10(2)21)14(9-11)26-4/h5,7-9H,1,6H2,2-4H3,(H,19,22,24)/b12-7+. The minimum atomic E-state index is -0.827. The number of barbiturate groups is 1. The third-order valence-corrected chi connectivity index (χ3v) is 3.54. The lowest BCUT2D eigenvalue weighted by molar-refractivity contribution is -0.132. The van der Waals surface area contributed by atoms with Crippen LogP contribution in [-0.4, -0.2) is 49.5 Å². The van der Waals surface area contributed by atoms with Crippen molar-refractivity contribution in [3.8, 4) is 17.2 Å². The molecule has 4 amide bonds. The molecule has 27 heavy (non-hydrogen) atoms. The maximum absolute atomic E-state index is 12.5. The molecule has 0 aromatic heterocycles. The first-order valence-corrected chi connectivity index (χ1v) is 7.76. The van der Waals surface area contributed by atoms with Crippen LogP contribution in [-0.2, 0) is 14.4 Å². The first-order chi connectivity index (χ1) is 12.8. The van der Waals surface area contributed by atoms with Crippen molar-refractivity contribution < 1.29 is 33.4 Å². The second-order valence-electron chi connectivity index (χ2n) is 5.37. The molecule has 0 spiro atoms. The van der Waals surface area contributed by atoms with Crippen molar-refractivity contribution in [3.05, 3.63) is 35.9 Å². The highest BCUT2D eigenvalue weighted by molar-refractivity contribution is 6.31. The van der Waals surface area contributed by atoms with Crippen LogP contribution in [0, 0.1) is 0 Å². The van der Waals surface area contributed by atoms with Crippen molar-refractivity contribution in [3.63, 3.8) is 0 Å². The Bertz CT molecular complexity index is 832. The molecule has 0 radical (unpaired) electrons. The number of urea groups is 1. The van der Waals surface area contributed by atoms with Crippen molar-refractivity contribution >= 4 is 29.9 Å². The normalized spacial score (nSPS) is 15.4. The third kappa shape index (κ3) is 4.14. The lowest BCUT2D eigenvalue weighted by Crippen LogP contribution is -2.54. The zero-order valence-electron chi connectivity index (χ0n) is 15.0. The minimum Gasteiger partial charge on any atom is -0.493 e. The number of hydrogen-bond acceptors (Lipinski definition) is 7. The number of imide groups is 2. The van der Waals surface area contributed by atoms with Crippen molar-refractivity contribution in [2.45, 2.75) is 6.92 Å². The van der Waals surface area contributed by atoms with E-state index in [0.717, 1.165) is 4.90 Å². The summed E-state index contributed by atoms with van der Waals surface area (Å²) < 4.78 is 15.5. The lowest BCUT2D eigenvalue weighted by Gasteiger charge is -2.25. The van der Waals surface area contributed by atoms with Crippen LogP contribution in [0.3, 0.4) is 0 Å². The van der Waals surface area contributed by atoms with Gasteiger partial charge in [0.25, 0.3) is 11.8 Å². The Hall–Kier alpha value is -3.62. The topological polar surface area (TPSA) is 111 Å². The molecular formula is C18H18N2O7. The van der Waals surface area contributed by atoms with E-state index in [1.165, 1.54) is 45.4 Å². The van der Waals surface area contributed by atoms with Crippen LogP contribution < -0.4 is 19.5 Å². The summed E-state index contributed by atoms with van der Waals surface area (Å²) in [6.45, 7) is 4.66. The maximum Gasteiger partial charge on any atom is 0.331 e. The van der Waals surface area contributed by atoms with E-state index in [0.29, 0.717) is 5.56 Å². The van der Waals surface area contributed by atoms with Gasteiger partial charge in [0.2, 0.25) is 5.75 Å². The first kappa shape index (κ1) is 19.7. The van der Waals surface area contributed by atoms with Crippen molar-refractivity contribution in [1.29, 1.82) is 0 Å². The van der Waals surface area contributed by atoms with Crippen LogP contribution in [0.1, 0.15) is 12.5 Å². The van der Waals surface area contributed by atoms with Gasteiger partial charge in [0, 0.05) is 13.5 Å². The van der Waals surface area contributed by atoms with E-state index < -0.39 is 23.8 Å². The zero-order valence-corrected chi connectivity index (χ0v) is 15.0. The average molecular weight is 374 g/mol. The van der Waals surface area contributed by atoms with Crippen LogP contribution in [0.4, 0.5) is 4.79 Å². The highest BCUT2D eigenvalue weighted by Crippen LogP contribution is 2.39. The van der Waals surface area contributed by atoms with E-state index in [1.54, 1.807) is 0 Å². The number of benzene rings is 1. The molecular weight excluding hydrogens is 356 g/mol. The predicted octanol–water partition coefficient (Wildman–Crippen LogP) is 1.28. The fourth-order valence-corrected chi connectivity index (χ4v) is 2.38. The predicted molar refractivity (Wildman–Crippen MR) is 94.3 cm³/mol. The van der Waals surface area contributed by atoms with E-state index >= 15 is 0 Å². The lowest BCUT2D eigenvalue weighted by atomic mass is 10.1. The highest BCUT2D eigenvalue weighted by atomic mass is 16.6. The van der Waals surface area contributed by atoms with E-state index in [1.807, 2.05) is 0 Å². The number of carbonyl (C=O) groups excluding carboxylic acids is 4. The summed E-state index contributed by atoms with van der Waals surface area (Å²) in [5.41, 5.74) is 0.117. The number of methoxy groups -OCH3 is 2. The van der Waals surface area contributed by atoms with Gasteiger partial charge in [-0.2, -0.15) is 0 Å². The van der Waals surface area contributed by atoms with Crippen LogP contribution in [0.5, 0.6) is 17.2 Å². The number of esters is 1. The summed E-state index contributed by atoms with van der Waals surface area (Å²) in [6.07, 6.45) is 2.65. The van der Waals surface area contributed by atoms with Gasteiger partial charge in [0.1, 0.15) is 5.57 Å². The molecule has 142 valence electrons. The van der Waals surface area contributed by atoms with E-state index in [-0.39, 0.29) is 29.4 Å². The molecule has 2 rings (SSSR count). The van der Waals surface area contributed by atoms with Crippen LogP contribution in [0.2, 0.25) is 0 Å². The Morgan fingerprint density at radius 1 is 1.19 bits per heavy atom. The van der Waals surface area contributed by atoms with Gasteiger partial charge < -0.3 is 14.2 Å². The maximum atomic E-state index is 12.5. The van der Waals surface area contributed by atoms with Crippen molar-refractivity contribution in [2.75, 3.05) is 20.8 Å². The van der Waals surface area contributed by atoms with Crippen molar-refractivity contribution in [2.24, 2.45) is 0 Å². The SMILES string of the molecule is C=CCN1C(=O)NC(=O)/C(=C\c2cc(OC)c(OC(C)=O)c(OC)c2)C1=O. The van der Waals surface area contributed by atoms with Gasteiger partial charge in [-0.15, -0.1) is 6.58 Å².